The second kappa shape index (κ2) is 18.1. The smallest absolute Gasteiger partial charge is 0.0451 e. The standard InChI is InChI=1S/C42H66N3P/c1-31(2)25-43(26-32(3)4)37-19-13-16-22-40(37)46(41-23-17-14-20-38(41)44(27-33(5)6)28-34(7)8)42-24-18-15-21-39(42)45(29-35(9)10)30-36(11)12/h13-24,31-36H,25-30H2,1-12H3. The number of anilines is 3. The van der Waals surface area contributed by atoms with Crippen molar-refractivity contribution in [2.45, 2.75) is 83.1 Å². The van der Waals surface area contributed by atoms with E-state index in [9.17, 15) is 0 Å². The van der Waals surface area contributed by atoms with Gasteiger partial charge >= 0.3 is 0 Å². The van der Waals surface area contributed by atoms with Gasteiger partial charge < -0.3 is 14.7 Å². The highest BCUT2D eigenvalue weighted by Crippen LogP contribution is 2.43. The maximum atomic E-state index is 2.69. The molecule has 3 nitrogen and oxygen atoms in total. The molecule has 0 radical (unpaired) electrons. The van der Waals surface area contributed by atoms with E-state index in [2.05, 4.69) is 171 Å². The van der Waals surface area contributed by atoms with E-state index in [1.165, 1.54) is 33.0 Å². The fourth-order valence-electron chi connectivity index (χ4n) is 6.61. The molecule has 0 aliphatic heterocycles. The highest BCUT2D eigenvalue weighted by atomic mass is 31.1. The Kier molecular flexibility index (Phi) is 15.0. The van der Waals surface area contributed by atoms with Crippen LogP contribution >= 0.6 is 7.92 Å². The van der Waals surface area contributed by atoms with Crippen molar-refractivity contribution in [3.63, 3.8) is 0 Å². The minimum absolute atomic E-state index is 0.581. The van der Waals surface area contributed by atoms with Crippen LogP contribution in [0.5, 0.6) is 0 Å². The van der Waals surface area contributed by atoms with Crippen LogP contribution in [-0.2, 0) is 0 Å². The van der Waals surface area contributed by atoms with E-state index in [1.807, 2.05) is 0 Å². The topological polar surface area (TPSA) is 9.72 Å². The minimum Gasteiger partial charge on any atom is -0.370 e. The fraction of sp³-hybridized carbons (Fsp3) is 0.571. The molecule has 3 aromatic rings. The second-order valence-electron chi connectivity index (χ2n) is 15.9. The zero-order valence-electron chi connectivity index (χ0n) is 31.4. The number of hydrogen-bond acceptors (Lipinski definition) is 3. The molecule has 0 fully saturated rings. The normalized spacial score (nSPS) is 12.1. The monoisotopic (exact) mass is 643 g/mol. The Morgan fingerprint density at radius 3 is 0.739 bits per heavy atom. The van der Waals surface area contributed by atoms with Crippen molar-refractivity contribution >= 4 is 40.9 Å². The van der Waals surface area contributed by atoms with Crippen LogP contribution in [0.2, 0.25) is 0 Å². The fourth-order valence-corrected chi connectivity index (χ4v) is 9.43. The van der Waals surface area contributed by atoms with Gasteiger partial charge in [-0.25, -0.2) is 0 Å². The number of rotatable bonds is 18. The van der Waals surface area contributed by atoms with E-state index < -0.39 is 7.92 Å². The number of hydrogen-bond donors (Lipinski definition) is 0. The summed E-state index contributed by atoms with van der Waals surface area (Å²) in [4.78, 5) is 8.06. The van der Waals surface area contributed by atoms with Crippen LogP contribution in [0.4, 0.5) is 17.1 Å². The SMILES string of the molecule is CC(C)CN(CC(C)C)c1ccccc1P(c1ccccc1N(CC(C)C)CC(C)C)c1ccccc1N(CC(C)C)CC(C)C. The van der Waals surface area contributed by atoms with Crippen molar-refractivity contribution in [2.24, 2.45) is 35.5 Å². The number of para-hydroxylation sites is 3. The van der Waals surface area contributed by atoms with Gasteiger partial charge in [-0.05, 0) is 61.6 Å². The molecule has 254 valence electrons. The first kappa shape index (κ1) is 37.9. The van der Waals surface area contributed by atoms with E-state index in [4.69, 9.17) is 0 Å². The van der Waals surface area contributed by atoms with Crippen molar-refractivity contribution in [1.29, 1.82) is 0 Å². The first-order chi connectivity index (χ1) is 21.8. The van der Waals surface area contributed by atoms with Crippen LogP contribution in [-0.4, -0.2) is 39.3 Å². The van der Waals surface area contributed by atoms with Crippen LogP contribution in [0, 0.1) is 35.5 Å². The lowest BCUT2D eigenvalue weighted by Crippen LogP contribution is -2.39. The number of benzene rings is 3. The van der Waals surface area contributed by atoms with Gasteiger partial charge in [0, 0.05) is 72.2 Å². The lowest BCUT2D eigenvalue weighted by Gasteiger charge is -2.37. The van der Waals surface area contributed by atoms with E-state index in [-0.39, 0.29) is 0 Å². The first-order valence-corrected chi connectivity index (χ1v) is 19.4. The lowest BCUT2D eigenvalue weighted by atomic mass is 10.1. The Labute approximate surface area is 285 Å². The van der Waals surface area contributed by atoms with Crippen molar-refractivity contribution in [2.75, 3.05) is 54.0 Å². The van der Waals surface area contributed by atoms with Crippen LogP contribution in [0.15, 0.2) is 72.8 Å². The Bertz CT molecular complexity index is 1120. The van der Waals surface area contributed by atoms with Gasteiger partial charge in [-0.1, -0.05) is 138 Å². The van der Waals surface area contributed by atoms with Gasteiger partial charge in [0.1, 0.15) is 0 Å². The molecule has 0 aromatic heterocycles. The van der Waals surface area contributed by atoms with E-state index in [0.29, 0.717) is 35.5 Å². The van der Waals surface area contributed by atoms with Gasteiger partial charge in [0.15, 0.2) is 0 Å². The molecule has 0 bridgehead atoms. The van der Waals surface area contributed by atoms with Crippen LogP contribution in [0.3, 0.4) is 0 Å². The third kappa shape index (κ3) is 11.0. The molecule has 0 saturated carbocycles. The van der Waals surface area contributed by atoms with Gasteiger partial charge in [-0.2, -0.15) is 0 Å². The third-order valence-corrected chi connectivity index (χ3v) is 10.5. The summed E-state index contributed by atoms with van der Waals surface area (Å²) >= 11 is 0. The highest BCUT2D eigenvalue weighted by molar-refractivity contribution is 7.80. The summed E-state index contributed by atoms with van der Waals surface area (Å²) in [5.41, 5.74) is 4.21. The van der Waals surface area contributed by atoms with Crippen molar-refractivity contribution in [3.8, 4) is 0 Å². The Balaban J connectivity index is 2.43. The maximum Gasteiger partial charge on any atom is 0.0451 e. The van der Waals surface area contributed by atoms with Gasteiger partial charge in [0.2, 0.25) is 0 Å². The summed E-state index contributed by atoms with van der Waals surface area (Å²) in [5, 5.41) is 4.42. The van der Waals surface area contributed by atoms with Gasteiger partial charge in [0.25, 0.3) is 0 Å². The molecule has 4 heteroatoms. The summed E-state index contributed by atoms with van der Waals surface area (Å²) < 4.78 is 0. The van der Waals surface area contributed by atoms with Crippen LogP contribution < -0.4 is 30.6 Å². The average Bonchev–Trinajstić information content (AvgIpc) is 2.96. The molecule has 0 amide bonds. The summed E-state index contributed by atoms with van der Waals surface area (Å²) in [5.74, 6) is 3.49. The molecule has 0 heterocycles. The summed E-state index contributed by atoms with van der Waals surface area (Å²) in [7, 11) is -0.881. The zero-order chi connectivity index (χ0) is 34.0. The summed E-state index contributed by atoms with van der Waals surface area (Å²) in [6.45, 7) is 34.6. The predicted octanol–water partition coefficient (Wildman–Crippen LogP) is 9.80. The Morgan fingerprint density at radius 1 is 0.348 bits per heavy atom. The molecule has 0 atom stereocenters. The second-order valence-corrected chi connectivity index (χ2v) is 18.0. The molecule has 3 aromatic carbocycles. The van der Waals surface area contributed by atoms with E-state index >= 15 is 0 Å². The summed E-state index contributed by atoms with van der Waals surface area (Å²) in [6.07, 6.45) is 0. The van der Waals surface area contributed by atoms with Gasteiger partial charge in [-0.15, -0.1) is 0 Å². The molecule has 0 aliphatic carbocycles. The molecular weight excluding hydrogens is 577 g/mol. The molecule has 3 rings (SSSR count). The molecule has 46 heavy (non-hydrogen) atoms. The van der Waals surface area contributed by atoms with E-state index in [1.54, 1.807) is 0 Å². The van der Waals surface area contributed by atoms with Gasteiger partial charge in [0.05, 0.1) is 0 Å². The Hall–Kier alpha value is -2.51. The van der Waals surface area contributed by atoms with Crippen LogP contribution in [0.1, 0.15) is 83.1 Å². The average molecular weight is 644 g/mol. The quantitative estimate of drug-likeness (QED) is 0.128. The molecule has 0 unspecified atom stereocenters. The lowest BCUT2D eigenvalue weighted by molar-refractivity contribution is 0.553. The largest absolute Gasteiger partial charge is 0.370 e. The maximum absolute atomic E-state index is 2.69. The molecule has 0 N–H and O–H groups in total. The van der Waals surface area contributed by atoms with Crippen molar-refractivity contribution in [3.05, 3.63) is 72.8 Å². The zero-order valence-corrected chi connectivity index (χ0v) is 32.3. The predicted molar refractivity (Wildman–Crippen MR) is 211 cm³/mol. The number of nitrogens with zero attached hydrogens (tertiary/aromatic N) is 3. The first-order valence-electron chi connectivity index (χ1n) is 18.1. The molecule has 0 saturated heterocycles. The molecular formula is C42H66N3P. The van der Waals surface area contributed by atoms with Crippen LogP contribution in [0.25, 0.3) is 0 Å². The Morgan fingerprint density at radius 2 is 0.543 bits per heavy atom. The minimum atomic E-state index is -0.881. The van der Waals surface area contributed by atoms with Crippen molar-refractivity contribution in [1.82, 2.24) is 0 Å². The highest BCUT2D eigenvalue weighted by Gasteiger charge is 2.30. The molecule has 0 spiro atoms. The van der Waals surface area contributed by atoms with Crippen molar-refractivity contribution < 1.29 is 0 Å². The summed E-state index contributed by atoms with van der Waals surface area (Å²) in [6, 6.07) is 28.2. The third-order valence-electron chi connectivity index (χ3n) is 7.90. The molecule has 0 aliphatic rings. The van der Waals surface area contributed by atoms with E-state index in [0.717, 1.165) is 39.3 Å². The van der Waals surface area contributed by atoms with Gasteiger partial charge in [-0.3, -0.25) is 0 Å².